The lowest BCUT2D eigenvalue weighted by molar-refractivity contribution is -0.121. The predicted octanol–water partition coefficient (Wildman–Crippen LogP) is 2.65. The molecule has 0 aliphatic heterocycles. The lowest BCUT2D eigenvalue weighted by Crippen LogP contribution is -2.43. The van der Waals surface area contributed by atoms with Crippen molar-refractivity contribution in [2.45, 2.75) is 29.9 Å². The van der Waals surface area contributed by atoms with E-state index in [1.165, 1.54) is 0 Å². The van der Waals surface area contributed by atoms with Gasteiger partial charge in [0.25, 0.3) is 5.91 Å². The molecule has 7 nitrogen and oxygen atoms in total. The molecule has 11 heteroatoms. The van der Waals surface area contributed by atoms with Crippen molar-refractivity contribution in [2.24, 2.45) is 0 Å². The van der Waals surface area contributed by atoms with Crippen LogP contribution in [0.25, 0.3) is 11.1 Å². The molecule has 1 heterocycles. The number of carbonyl (C=O) groups excluding carboxylic acids is 1. The van der Waals surface area contributed by atoms with E-state index < -0.39 is 45.6 Å². The van der Waals surface area contributed by atoms with Crippen LogP contribution in [0, 0.1) is 0 Å². The Hall–Kier alpha value is -1.78. The molecule has 0 aliphatic carbocycles. The molecule has 3 atom stereocenters. The molecule has 3 N–H and O–H groups in total. The maximum absolute atomic E-state index is 13.3. The topological polar surface area (TPSA) is 108 Å². The van der Waals surface area contributed by atoms with Crippen molar-refractivity contribution in [3.63, 3.8) is 0 Å². The van der Waals surface area contributed by atoms with Gasteiger partial charge in [0.1, 0.15) is 12.8 Å². The SMILES string of the molecule is CC(NS(C)(=O)=O)c1ccc(-c2ccc([C@H](O)[C@@H](CF)NC(=O)C(Cl)Cl)cc2)cn1. The monoisotopic (exact) mass is 477 g/mol. The molecule has 0 bridgehead atoms. The summed E-state index contributed by atoms with van der Waals surface area (Å²) in [5.74, 6) is -0.789. The Bertz CT molecular complexity index is 957. The average molecular weight is 478 g/mol. The summed E-state index contributed by atoms with van der Waals surface area (Å²) in [6, 6.07) is 8.50. The van der Waals surface area contributed by atoms with Gasteiger partial charge in [0, 0.05) is 11.8 Å². The number of halogens is 3. The van der Waals surface area contributed by atoms with Crippen LogP contribution in [0.5, 0.6) is 0 Å². The number of hydrogen-bond acceptors (Lipinski definition) is 5. The molecule has 1 aromatic carbocycles. The van der Waals surface area contributed by atoms with Crippen molar-refractivity contribution in [1.82, 2.24) is 15.0 Å². The van der Waals surface area contributed by atoms with Crippen molar-refractivity contribution >= 4 is 39.1 Å². The number of amides is 1. The summed E-state index contributed by atoms with van der Waals surface area (Å²) in [5, 5.41) is 12.6. The summed E-state index contributed by atoms with van der Waals surface area (Å²) >= 11 is 10.9. The van der Waals surface area contributed by atoms with Gasteiger partial charge in [-0.25, -0.2) is 17.5 Å². The van der Waals surface area contributed by atoms with Gasteiger partial charge in [-0.2, -0.15) is 0 Å². The number of nitrogens with one attached hydrogen (secondary N) is 2. The molecular formula is C19H22Cl2FN3O4S. The smallest absolute Gasteiger partial charge is 0.253 e. The van der Waals surface area contributed by atoms with E-state index in [0.29, 0.717) is 11.3 Å². The second kappa shape index (κ2) is 10.5. The fourth-order valence-electron chi connectivity index (χ4n) is 2.77. The van der Waals surface area contributed by atoms with E-state index in [1.807, 2.05) is 0 Å². The normalized spacial score (nSPS) is 14.9. The third-order valence-corrected chi connectivity index (χ3v) is 5.46. The zero-order valence-electron chi connectivity index (χ0n) is 16.2. The number of alkyl halides is 3. The van der Waals surface area contributed by atoms with Crippen LogP contribution in [0.1, 0.15) is 30.3 Å². The fourth-order valence-corrected chi connectivity index (χ4v) is 3.66. The summed E-state index contributed by atoms with van der Waals surface area (Å²) in [6.45, 7) is 0.691. The van der Waals surface area contributed by atoms with Crippen molar-refractivity contribution < 1.29 is 22.7 Å². The number of benzene rings is 1. The number of sulfonamides is 1. The molecule has 1 aromatic heterocycles. The van der Waals surface area contributed by atoms with Gasteiger partial charge in [0.05, 0.1) is 24.0 Å². The Morgan fingerprint density at radius 2 is 1.77 bits per heavy atom. The molecule has 2 rings (SSSR count). The summed E-state index contributed by atoms with van der Waals surface area (Å²) in [5.41, 5.74) is 2.53. The van der Waals surface area contributed by atoms with Gasteiger partial charge in [0.15, 0.2) is 4.84 Å². The van der Waals surface area contributed by atoms with Gasteiger partial charge in [0.2, 0.25) is 10.0 Å². The molecule has 30 heavy (non-hydrogen) atoms. The Kier molecular flexibility index (Phi) is 8.57. The van der Waals surface area contributed by atoms with Crippen LogP contribution < -0.4 is 10.0 Å². The minimum Gasteiger partial charge on any atom is -0.386 e. The number of aromatic nitrogens is 1. The quantitative estimate of drug-likeness (QED) is 0.481. The Labute approximate surface area is 184 Å². The summed E-state index contributed by atoms with van der Waals surface area (Å²) in [6.07, 6.45) is 1.40. The summed E-state index contributed by atoms with van der Waals surface area (Å²) < 4.78 is 38.4. The van der Waals surface area contributed by atoms with Gasteiger partial charge in [-0.15, -0.1) is 0 Å². The van der Waals surface area contributed by atoms with E-state index in [4.69, 9.17) is 23.2 Å². The summed E-state index contributed by atoms with van der Waals surface area (Å²) in [4.78, 5) is 14.5. The minimum atomic E-state index is -3.35. The lowest BCUT2D eigenvalue weighted by atomic mass is 9.99. The molecule has 1 amide bonds. The van der Waals surface area contributed by atoms with Gasteiger partial charge < -0.3 is 10.4 Å². The minimum absolute atomic E-state index is 0.401. The molecular weight excluding hydrogens is 456 g/mol. The number of pyridine rings is 1. The molecule has 1 unspecified atom stereocenters. The van der Waals surface area contributed by atoms with Crippen LogP contribution in [0.3, 0.4) is 0 Å². The van der Waals surface area contributed by atoms with Crippen molar-refractivity contribution in [2.75, 3.05) is 12.9 Å². The molecule has 2 aromatic rings. The zero-order chi connectivity index (χ0) is 22.5. The van der Waals surface area contributed by atoms with E-state index in [9.17, 15) is 22.7 Å². The van der Waals surface area contributed by atoms with Gasteiger partial charge in [-0.3, -0.25) is 9.78 Å². The standard InChI is InChI=1S/C19H22Cl2FN3O4S/c1-11(25-30(2,28)29)15-8-7-14(10-23-15)12-3-5-13(6-4-12)17(26)16(9-22)24-19(27)18(20)21/h3-8,10-11,16-18,25-26H,9H2,1-2H3,(H,24,27)/t11?,16-,17+/m1/s1. The molecule has 0 aliphatic rings. The highest BCUT2D eigenvalue weighted by molar-refractivity contribution is 7.88. The maximum Gasteiger partial charge on any atom is 0.253 e. The third-order valence-electron chi connectivity index (χ3n) is 4.28. The van der Waals surface area contributed by atoms with E-state index >= 15 is 0 Å². The first-order chi connectivity index (χ1) is 14.0. The van der Waals surface area contributed by atoms with E-state index in [2.05, 4.69) is 15.0 Å². The number of aliphatic hydroxyl groups excluding tert-OH is 1. The molecule has 0 saturated carbocycles. The van der Waals surface area contributed by atoms with Crippen molar-refractivity contribution in [1.29, 1.82) is 0 Å². The average Bonchev–Trinajstić information content (AvgIpc) is 2.70. The second-order valence-electron chi connectivity index (χ2n) is 6.72. The number of hydrogen-bond donors (Lipinski definition) is 3. The maximum atomic E-state index is 13.3. The first kappa shape index (κ1) is 24.5. The van der Waals surface area contributed by atoms with Crippen molar-refractivity contribution in [3.05, 3.63) is 53.9 Å². The van der Waals surface area contributed by atoms with Gasteiger partial charge in [-0.1, -0.05) is 53.5 Å². The van der Waals surface area contributed by atoms with E-state index in [-0.39, 0.29) is 0 Å². The first-order valence-electron chi connectivity index (χ1n) is 8.88. The molecule has 0 spiro atoms. The van der Waals surface area contributed by atoms with Crippen LogP contribution >= 0.6 is 23.2 Å². The third kappa shape index (κ3) is 6.88. The number of aliphatic hydroxyl groups is 1. The highest BCUT2D eigenvalue weighted by Gasteiger charge is 2.25. The molecule has 0 radical (unpaired) electrons. The largest absolute Gasteiger partial charge is 0.386 e. The fraction of sp³-hybridized carbons (Fsp3) is 0.368. The van der Waals surface area contributed by atoms with Crippen LogP contribution in [-0.4, -0.2) is 48.2 Å². The van der Waals surface area contributed by atoms with Crippen LogP contribution in [0.4, 0.5) is 4.39 Å². The molecule has 0 saturated heterocycles. The highest BCUT2D eigenvalue weighted by atomic mass is 35.5. The second-order valence-corrected chi connectivity index (χ2v) is 9.60. The van der Waals surface area contributed by atoms with Crippen LogP contribution in [0.2, 0.25) is 0 Å². The Morgan fingerprint density at radius 1 is 1.17 bits per heavy atom. The first-order valence-corrected chi connectivity index (χ1v) is 11.6. The van der Waals surface area contributed by atoms with Gasteiger partial charge in [-0.05, 0) is 24.1 Å². The number of rotatable bonds is 9. The molecule has 164 valence electrons. The van der Waals surface area contributed by atoms with E-state index in [0.717, 1.165) is 17.4 Å². The summed E-state index contributed by atoms with van der Waals surface area (Å²) in [7, 11) is -3.35. The lowest BCUT2D eigenvalue weighted by Gasteiger charge is -2.22. The van der Waals surface area contributed by atoms with Gasteiger partial charge >= 0.3 is 0 Å². The molecule has 0 fully saturated rings. The predicted molar refractivity (Wildman–Crippen MR) is 114 cm³/mol. The number of carbonyl (C=O) groups is 1. The zero-order valence-corrected chi connectivity index (χ0v) is 18.5. The number of nitrogens with zero attached hydrogens (tertiary/aromatic N) is 1. The van der Waals surface area contributed by atoms with Crippen LogP contribution in [0.15, 0.2) is 42.6 Å². The van der Waals surface area contributed by atoms with E-state index in [1.54, 1.807) is 49.5 Å². The van der Waals surface area contributed by atoms with Crippen molar-refractivity contribution in [3.8, 4) is 11.1 Å². The Morgan fingerprint density at radius 3 is 2.23 bits per heavy atom. The highest BCUT2D eigenvalue weighted by Crippen LogP contribution is 2.24. The Balaban J connectivity index is 2.12. The van der Waals surface area contributed by atoms with Crippen LogP contribution in [-0.2, 0) is 14.8 Å².